The Labute approximate surface area is 85.8 Å². The molecule has 0 saturated carbocycles. The number of halogens is 1. The lowest BCUT2D eigenvalue weighted by Gasteiger charge is -2.26. The van der Waals surface area contributed by atoms with Crippen LogP contribution in [0.2, 0.25) is 0 Å². The SMILES string of the molecule is CC(C)N(N)C(=O)OC(C)(C)C.Cl. The van der Waals surface area contributed by atoms with Gasteiger partial charge < -0.3 is 4.74 Å². The predicted molar refractivity (Wildman–Crippen MR) is 54.6 cm³/mol. The zero-order valence-corrected chi connectivity index (χ0v) is 9.64. The van der Waals surface area contributed by atoms with Gasteiger partial charge in [-0.2, -0.15) is 0 Å². The van der Waals surface area contributed by atoms with Gasteiger partial charge in [0.2, 0.25) is 0 Å². The zero-order chi connectivity index (χ0) is 9.94. The maximum absolute atomic E-state index is 11.2. The Kier molecular flexibility index (Phi) is 6.11. The molecule has 0 aliphatic rings. The van der Waals surface area contributed by atoms with E-state index in [0.29, 0.717) is 0 Å². The van der Waals surface area contributed by atoms with Crippen molar-refractivity contribution in [2.45, 2.75) is 46.3 Å². The topological polar surface area (TPSA) is 55.6 Å². The average Bonchev–Trinajstić information content (AvgIpc) is 1.82. The van der Waals surface area contributed by atoms with Crippen molar-refractivity contribution in [1.82, 2.24) is 5.01 Å². The van der Waals surface area contributed by atoms with Gasteiger partial charge in [-0.3, -0.25) is 0 Å². The lowest BCUT2D eigenvalue weighted by Crippen LogP contribution is -2.45. The van der Waals surface area contributed by atoms with Gasteiger partial charge in [0.25, 0.3) is 0 Å². The Bertz CT molecular complexity index is 166. The number of carbonyl (C=O) groups is 1. The zero-order valence-electron chi connectivity index (χ0n) is 8.83. The Morgan fingerprint density at radius 1 is 1.38 bits per heavy atom. The highest BCUT2D eigenvalue weighted by Crippen LogP contribution is 2.09. The average molecular weight is 211 g/mol. The summed E-state index contributed by atoms with van der Waals surface area (Å²) in [5.41, 5.74) is -0.483. The van der Waals surface area contributed by atoms with Crippen molar-refractivity contribution < 1.29 is 9.53 Å². The Morgan fingerprint density at radius 2 is 1.77 bits per heavy atom. The van der Waals surface area contributed by atoms with Crippen LogP contribution in [0, 0.1) is 0 Å². The molecule has 0 heterocycles. The fraction of sp³-hybridized carbons (Fsp3) is 0.875. The van der Waals surface area contributed by atoms with Gasteiger partial charge in [-0.1, -0.05) is 0 Å². The molecular formula is C8H19ClN2O2. The van der Waals surface area contributed by atoms with Crippen LogP contribution in [0.5, 0.6) is 0 Å². The van der Waals surface area contributed by atoms with E-state index in [2.05, 4.69) is 0 Å². The van der Waals surface area contributed by atoms with Gasteiger partial charge in [-0.15, -0.1) is 12.4 Å². The summed E-state index contributed by atoms with van der Waals surface area (Å²) in [6.45, 7) is 9.06. The number of nitrogens with two attached hydrogens (primary N) is 1. The number of carbonyl (C=O) groups excluding carboxylic acids is 1. The molecule has 0 aromatic heterocycles. The van der Waals surface area contributed by atoms with Gasteiger partial charge in [0.1, 0.15) is 5.60 Å². The molecule has 0 rings (SSSR count). The summed E-state index contributed by atoms with van der Waals surface area (Å²) in [5, 5.41) is 1.07. The Hall–Kier alpha value is -0.480. The van der Waals surface area contributed by atoms with Crippen LogP contribution >= 0.6 is 12.4 Å². The van der Waals surface area contributed by atoms with Crippen molar-refractivity contribution >= 4 is 18.5 Å². The van der Waals surface area contributed by atoms with Gasteiger partial charge in [-0.25, -0.2) is 15.6 Å². The molecule has 0 saturated heterocycles. The number of ether oxygens (including phenoxy) is 1. The largest absolute Gasteiger partial charge is 0.443 e. The van der Waals surface area contributed by atoms with Crippen LogP contribution in [-0.4, -0.2) is 22.7 Å². The highest BCUT2D eigenvalue weighted by Gasteiger charge is 2.21. The molecule has 5 heteroatoms. The minimum Gasteiger partial charge on any atom is -0.443 e. The standard InChI is InChI=1S/C8H18N2O2.ClH/c1-6(2)10(9)7(11)12-8(3,4)5;/h6H,9H2,1-5H3;1H. The van der Waals surface area contributed by atoms with Crippen molar-refractivity contribution in [1.29, 1.82) is 0 Å². The number of amides is 1. The summed E-state index contributed by atoms with van der Waals surface area (Å²) in [6.07, 6.45) is -0.488. The number of hydrazine groups is 1. The molecule has 0 spiro atoms. The predicted octanol–water partition coefficient (Wildman–Crippen LogP) is 1.93. The summed E-state index contributed by atoms with van der Waals surface area (Å²) >= 11 is 0. The molecule has 1 amide bonds. The third-order valence-electron chi connectivity index (χ3n) is 1.16. The van der Waals surface area contributed by atoms with E-state index in [1.54, 1.807) is 20.8 Å². The quantitative estimate of drug-likeness (QED) is 0.409. The molecule has 0 aliphatic carbocycles. The van der Waals surface area contributed by atoms with Crippen LogP contribution in [0.3, 0.4) is 0 Å². The van der Waals surface area contributed by atoms with E-state index >= 15 is 0 Å². The molecule has 80 valence electrons. The van der Waals surface area contributed by atoms with Crippen LogP contribution in [0.15, 0.2) is 0 Å². The molecule has 0 atom stereocenters. The summed E-state index contributed by atoms with van der Waals surface area (Å²) in [5.74, 6) is 5.43. The summed E-state index contributed by atoms with van der Waals surface area (Å²) in [6, 6.07) is -0.0418. The van der Waals surface area contributed by atoms with E-state index in [1.807, 2.05) is 13.8 Å². The monoisotopic (exact) mass is 210 g/mol. The maximum atomic E-state index is 11.2. The molecule has 0 bridgehead atoms. The second-order valence-corrected chi connectivity index (χ2v) is 3.98. The van der Waals surface area contributed by atoms with Crippen LogP contribution in [0.25, 0.3) is 0 Å². The molecule has 0 aromatic carbocycles. The molecule has 13 heavy (non-hydrogen) atoms. The normalized spacial score (nSPS) is 10.7. The Balaban J connectivity index is 0. The first-order valence-electron chi connectivity index (χ1n) is 4.01. The van der Waals surface area contributed by atoms with Crippen molar-refractivity contribution in [3.8, 4) is 0 Å². The van der Waals surface area contributed by atoms with Crippen LogP contribution in [-0.2, 0) is 4.74 Å². The van der Waals surface area contributed by atoms with Gasteiger partial charge in [-0.05, 0) is 34.6 Å². The molecule has 0 aliphatic heterocycles. The van der Waals surface area contributed by atoms with Crippen molar-refractivity contribution in [2.75, 3.05) is 0 Å². The van der Waals surface area contributed by atoms with E-state index < -0.39 is 11.7 Å². The highest BCUT2D eigenvalue weighted by atomic mass is 35.5. The Morgan fingerprint density at radius 3 is 2.00 bits per heavy atom. The van der Waals surface area contributed by atoms with Crippen molar-refractivity contribution in [2.24, 2.45) is 5.84 Å². The van der Waals surface area contributed by atoms with E-state index in [0.717, 1.165) is 5.01 Å². The molecule has 0 aromatic rings. The fourth-order valence-electron chi connectivity index (χ4n) is 0.525. The number of rotatable bonds is 1. The van der Waals surface area contributed by atoms with E-state index in [-0.39, 0.29) is 18.4 Å². The fourth-order valence-corrected chi connectivity index (χ4v) is 0.525. The summed E-state index contributed by atoms with van der Waals surface area (Å²) in [7, 11) is 0. The summed E-state index contributed by atoms with van der Waals surface area (Å²) < 4.78 is 5.02. The van der Waals surface area contributed by atoms with E-state index in [9.17, 15) is 4.79 Å². The molecule has 2 N–H and O–H groups in total. The van der Waals surface area contributed by atoms with E-state index in [1.165, 1.54) is 0 Å². The minimum atomic E-state index is -0.488. The van der Waals surface area contributed by atoms with Gasteiger partial charge >= 0.3 is 6.09 Å². The van der Waals surface area contributed by atoms with Crippen LogP contribution < -0.4 is 5.84 Å². The first kappa shape index (κ1) is 15.0. The lowest BCUT2D eigenvalue weighted by atomic mass is 10.2. The van der Waals surface area contributed by atoms with Crippen molar-refractivity contribution in [3.63, 3.8) is 0 Å². The van der Waals surface area contributed by atoms with Gasteiger partial charge in [0.15, 0.2) is 0 Å². The second kappa shape index (κ2) is 5.29. The highest BCUT2D eigenvalue weighted by molar-refractivity contribution is 5.85. The van der Waals surface area contributed by atoms with Gasteiger partial charge in [0, 0.05) is 6.04 Å². The smallest absolute Gasteiger partial charge is 0.424 e. The third-order valence-corrected chi connectivity index (χ3v) is 1.16. The molecule has 4 nitrogen and oxygen atoms in total. The first-order chi connectivity index (χ1) is 5.24. The van der Waals surface area contributed by atoms with Crippen LogP contribution in [0.1, 0.15) is 34.6 Å². The van der Waals surface area contributed by atoms with Gasteiger partial charge in [0.05, 0.1) is 0 Å². The third kappa shape index (κ3) is 6.66. The number of hydrogen-bond donors (Lipinski definition) is 1. The molecule has 0 fully saturated rings. The lowest BCUT2D eigenvalue weighted by molar-refractivity contribution is 0.0189. The number of hydrogen-bond acceptors (Lipinski definition) is 3. The minimum absolute atomic E-state index is 0. The molecule has 0 radical (unpaired) electrons. The maximum Gasteiger partial charge on any atom is 0.424 e. The molecular weight excluding hydrogens is 192 g/mol. The first-order valence-corrected chi connectivity index (χ1v) is 4.01. The van der Waals surface area contributed by atoms with E-state index in [4.69, 9.17) is 10.6 Å². The second-order valence-electron chi connectivity index (χ2n) is 3.98. The molecule has 0 unspecified atom stereocenters. The summed E-state index contributed by atoms with van der Waals surface area (Å²) in [4.78, 5) is 11.2. The van der Waals surface area contributed by atoms with Crippen LogP contribution in [0.4, 0.5) is 4.79 Å². The van der Waals surface area contributed by atoms with Crippen molar-refractivity contribution in [3.05, 3.63) is 0 Å². The number of nitrogens with zero attached hydrogens (tertiary/aromatic N) is 1.